The van der Waals surface area contributed by atoms with E-state index >= 15 is 0 Å². The van der Waals surface area contributed by atoms with E-state index in [-0.39, 0.29) is 0 Å². The fraction of sp³-hybridized carbons (Fsp3) is 1.00. The molecule has 1 heterocycles. The van der Waals surface area contributed by atoms with Crippen LogP contribution in [0, 0.1) is 0 Å². The Kier molecular flexibility index (Phi) is 2.11. The van der Waals surface area contributed by atoms with E-state index in [1.165, 1.54) is 11.8 Å². The minimum atomic E-state index is -0.736. The van der Waals surface area contributed by atoms with Gasteiger partial charge in [-0.15, -0.1) is 11.8 Å². The average Bonchev–Trinajstić information content (AvgIpc) is 2.54. The summed E-state index contributed by atoms with van der Waals surface area (Å²) in [5.74, 6) is 0.554. The van der Waals surface area contributed by atoms with E-state index in [0.717, 1.165) is 19.3 Å². The van der Waals surface area contributed by atoms with Crippen molar-refractivity contribution in [1.29, 1.82) is 0 Å². The number of aliphatic hydroxyl groups excluding tert-OH is 3. The van der Waals surface area contributed by atoms with E-state index in [1.807, 2.05) is 0 Å². The number of aliphatic hydroxyl groups is 3. The third kappa shape index (κ3) is 1.02. The minimum absolute atomic E-state index is 0.436. The lowest BCUT2D eigenvalue weighted by atomic mass is 9.94. The van der Waals surface area contributed by atoms with E-state index in [0.29, 0.717) is 5.75 Å². The van der Waals surface area contributed by atoms with Crippen LogP contribution in [0.5, 0.6) is 0 Å². The summed E-state index contributed by atoms with van der Waals surface area (Å²) in [6, 6.07) is 0. The van der Waals surface area contributed by atoms with Crippen LogP contribution < -0.4 is 0 Å². The highest BCUT2D eigenvalue weighted by Gasteiger charge is 2.54. The molecule has 70 valence electrons. The largest absolute Gasteiger partial charge is 0.392 e. The molecule has 12 heavy (non-hydrogen) atoms. The van der Waals surface area contributed by atoms with Crippen LogP contribution in [0.2, 0.25) is 0 Å². The maximum absolute atomic E-state index is 9.69. The summed E-state index contributed by atoms with van der Waals surface area (Å²) in [7, 11) is 0. The van der Waals surface area contributed by atoms with Gasteiger partial charge in [-0.25, -0.2) is 0 Å². The quantitative estimate of drug-likeness (QED) is 0.492. The van der Waals surface area contributed by atoms with E-state index in [1.54, 1.807) is 0 Å². The van der Waals surface area contributed by atoms with Gasteiger partial charge in [-0.2, -0.15) is 0 Å². The van der Waals surface area contributed by atoms with Crippen LogP contribution in [0.3, 0.4) is 0 Å². The molecule has 0 aromatic rings. The van der Waals surface area contributed by atoms with Gasteiger partial charge in [0.2, 0.25) is 0 Å². The summed E-state index contributed by atoms with van der Waals surface area (Å²) in [4.78, 5) is 0. The first-order valence-corrected chi connectivity index (χ1v) is 5.33. The van der Waals surface area contributed by atoms with Crippen molar-refractivity contribution in [1.82, 2.24) is 0 Å². The predicted molar refractivity (Wildman–Crippen MR) is 47.1 cm³/mol. The Hall–Kier alpha value is 0.230. The highest BCUT2D eigenvalue weighted by molar-refractivity contribution is 8.01. The second kappa shape index (κ2) is 2.87. The lowest BCUT2D eigenvalue weighted by Crippen LogP contribution is -2.46. The van der Waals surface area contributed by atoms with Crippen LogP contribution in [0.1, 0.15) is 19.3 Å². The van der Waals surface area contributed by atoms with Crippen LogP contribution in [0.25, 0.3) is 0 Å². The molecule has 3 nitrogen and oxygen atoms in total. The van der Waals surface area contributed by atoms with Gasteiger partial charge in [0.15, 0.2) is 0 Å². The third-order valence-corrected chi connectivity index (χ3v) is 4.76. The molecule has 1 spiro atoms. The smallest absolute Gasteiger partial charge is 0.0978 e. The molecule has 4 heteroatoms. The van der Waals surface area contributed by atoms with E-state index < -0.39 is 23.1 Å². The van der Waals surface area contributed by atoms with Gasteiger partial charge in [0.25, 0.3) is 0 Å². The van der Waals surface area contributed by atoms with Gasteiger partial charge >= 0.3 is 0 Å². The van der Waals surface area contributed by atoms with Crippen molar-refractivity contribution >= 4 is 11.8 Å². The average molecular weight is 190 g/mol. The molecule has 1 saturated heterocycles. The number of thioether (sulfide) groups is 1. The summed E-state index contributed by atoms with van der Waals surface area (Å²) in [6.07, 6.45) is 0.726. The van der Waals surface area contributed by atoms with Crippen molar-refractivity contribution in [3.63, 3.8) is 0 Å². The zero-order chi connectivity index (χ0) is 8.77. The molecule has 1 aliphatic carbocycles. The normalized spacial score (nSPS) is 53.8. The Morgan fingerprint density at radius 2 is 2.00 bits per heavy atom. The summed E-state index contributed by atoms with van der Waals surface area (Å²) < 4.78 is -0.445. The van der Waals surface area contributed by atoms with Crippen LogP contribution in [-0.2, 0) is 0 Å². The van der Waals surface area contributed by atoms with Gasteiger partial charge in [-0.1, -0.05) is 0 Å². The molecule has 2 fully saturated rings. The van der Waals surface area contributed by atoms with Gasteiger partial charge in [0.05, 0.1) is 23.1 Å². The van der Waals surface area contributed by atoms with Gasteiger partial charge < -0.3 is 15.3 Å². The lowest BCUT2D eigenvalue weighted by molar-refractivity contribution is -0.0108. The van der Waals surface area contributed by atoms with Crippen LogP contribution in [0.4, 0.5) is 0 Å². The van der Waals surface area contributed by atoms with E-state index in [9.17, 15) is 15.3 Å². The molecule has 0 aromatic heterocycles. The van der Waals surface area contributed by atoms with Crippen molar-refractivity contribution in [3.05, 3.63) is 0 Å². The fourth-order valence-corrected chi connectivity index (χ4v) is 3.83. The maximum Gasteiger partial charge on any atom is 0.0978 e. The molecule has 4 unspecified atom stereocenters. The van der Waals surface area contributed by atoms with Gasteiger partial charge in [0.1, 0.15) is 0 Å². The molecule has 0 aromatic carbocycles. The molecule has 3 N–H and O–H groups in total. The summed E-state index contributed by atoms with van der Waals surface area (Å²) in [5, 5.41) is 28.7. The Bertz CT molecular complexity index is 187. The standard InChI is InChI=1S/C8H14O3S/c9-5-4-12-8(7(5)11)3-1-2-6(8)10/h5-7,9-11H,1-4H2. The van der Waals surface area contributed by atoms with E-state index in [2.05, 4.69) is 0 Å². The van der Waals surface area contributed by atoms with Gasteiger partial charge in [-0.3, -0.25) is 0 Å². The van der Waals surface area contributed by atoms with Crippen molar-refractivity contribution < 1.29 is 15.3 Å². The molecular formula is C8H14O3S. The minimum Gasteiger partial charge on any atom is -0.392 e. The summed E-state index contributed by atoms with van der Waals surface area (Å²) in [6.45, 7) is 0. The predicted octanol–water partition coefficient (Wildman–Crippen LogP) is -0.261. The summed E-state index contributed by atoms with van der Waals surface area (Å²) in [5.41, 5.74) is 0. The van der Waals surface area contributed by atoms with Crippen molar-refractivity contribution in [2.24, 2.45) is 0 Å². The lowest BCUT2D eigenvalue weighted by Gasteiger charge is -2.30. The van der Waals surface area contributed by atoms with Crippen molar-refractivity contribution in [3.8, 4) is 0 Å². The SMILES string of the molecule is OC1CSC2(CCCC2O)C1O. The van der Waals surface area contributed by atoms with Crippen LogP contribution >= 0.6 is 11.8 Å². The fourth-order valence-electron chi connectivity index (χ4n) is 2.24. The molecule has 1 aliphatic heterocycles. The second-order valence-corrected chi connectivity index (χ2v) is 5.07. The first kappa shape index (κ1) is 8.81. The Labute approximate surface area is 75.8 Å². The Balaban J connectivity index is 2.20. The molecular weight excluding hydrogens is 176 g/mol. The zero-order valence-electron chi connectivity index (χ0n) is 6.81. The van der Waals surface area contributed by atoms with Crippen molar-refractivity contribution in [2.45, 2.75) is 42.3 Å². The monoisotopic (exact) mass is 190 g/mol. The highest BCUT2D eigenvalue weighted by atomic mass is 32.2. The first-order chi connectivity index (χ1) is 5.67. The zero-order valence-corrected chi connectivity index (χ0v) is 7.63. The van der Waals surface area contributed by atoms with Gasteiger partial charge in [-0.05, 0) is 19.3 Å². The molecule has 0 bridgehead atoms. The van der Waals surface area contributed by atoms with Crippen LogP contribution in [-0.4, -0.2) is 44.1 Å². The Morgan fingerprint density at radius 3 is 2.42 bits per heavy atom. The highest BCUT2D eigenvalue weighted by Crippen LogP contribution is 2.49. The Morgan fingerprint density at radius 1 is 1.25 bits per heavy atom. The number of hydrogen-bond donors (Lipinski definition) is 3. The molecule has 1 saturated carbocycles. The molecule has 0 radical (unpaired) electrons. The van der Waals surface area contributed by atoms with E-state index in [4.69, 9.17) is 0 Å². The molecule has 0 amide bonds. The number of hydrogen-bond acceptors (Lipinski definition) is 4. The molecule has 2 rings (SSSR count). The van der Waals surface area contributed by atoms with Crippen molar-refractivity contribution in [2.75, 3.05) is 5.75 Å². The first-order valence-electron chi connectivity index (χ1n) is 4.35. The third-order valence-electron chi connectivity index (χ3n) is 3.00. The topological polar surface area (TPSA) is 60.7 Å². The van der Waals surface area contributed by atoms with Gasteiger partial charge in [0, 0.05) is 5.75 Å². The second-order valence-electron chi connectivity index (χ2n) is 3.69. The molecule has 4 atom stereocenters. The molecule has 2 aliphatic rings. The summed E-state index contributed by atoms with van der Waals surface area (Å²) >= 11 is 1.53. The van der Waals surface area contributed by atoms with Crippen LogP contribution in [0.15, 0.2) is 0 Å². The number of rotatable bonds is 0. The maximum atomic E-state index is 9.69.